The lowest BCUT2D eigenvalue weighted by molar-refractivity contribution is -0.223. The minimum absolute atomic E-state index is 0.0895. The molecule has 0 radical (unpaired) electrons. The molecule has 200 valence electrons. The maximum absolute atomic E-state index is 13.4. The Labute approximate surface area is 214 Å². The minimum atomic E-state index is -1.22. The van der Waals surface area contributed by atoms with Gasteiger partial charge in [0.1, 0.15) is 6.10 Å². The van der Waals surface area contributed by atoms with Crippen LogP contribution in [0.2, 0.25) is 0 Å². The summed E-state index contributed by atoms with van der Waals surface area (Å²) in [7, 11) is 0. The molecule has 0 amide bonds. The van der Waals surface area contributed by atoms with Gasteiger partial charge in [-0.2, -0.15) is 0 Å². The van der Waals surface area contributed by atoms with E-state index in [0.29, 0.717) is 35.8 Å². The van der Waals surface area contributed by atoms with Crippen molar-refractivity contribution in [3.05, 3.63) is 11.1 Å². The normalized spacial score (nSPS) is 47.1. The Kier molecular flexibility index (Phi) is 5.76. The SMILES string of the molecule is CC(=O)O[C@@H]1OC(=O)C2=C1[C@@H](OC(C)=O)C[C@H]1[C@]3(C)CC[C@H]4C(C)(C)CCC[C@]4(C)[C@H]3C[C@@H](O)[C@]21C. The van der Waals surface area contributed by atoms with E-state index in [0.717, 1.165) is 19.3 Å². The van der Waals surface area contributed by atoms with Crippen molar-refractivity contribution in [2.24, 2.45) is 39.4 Å². The number of carbonyl (C=O) groups excluding carboxylic acids is 3. The Bertz CT molecular complexity index is 1030. The van der Waals surface area contributed by atoms with Crippen LogP contribution in [0, 0.1) is 39.4 Å². The molecule has 1 aliphatic heterocycles. The summed E-state index contributed by atoms with van der Waals surface area (Å²) >= 11 is 0. The van der Waals surface area contributed by atoms with Crippen LogP contribution in [0.4, 0.5) is 0 Å². The number of hydrogen-bond donors (Lipinski definition) is 1. The summed E-state index contributed by atoms with van der Waals surface area (Å²) in [6.07, 6.45) is 4.06. The summed E-state index contributed by atoms with van der Waals surface area (Å²) in [4.78, 5) is 37.3. The molecule has 4 aliphatic carbocycles. The summed E-state index contributed by atoms with van der Waals surface area (Å²) < 4.78 is 16.7. The first-order chi connectivity index (χ1) is 16.7. The molecule has 0 saturated heterocycles. The van der Waals surface area contributed by atoms with Gasteiger partial charge in [-0.25, -0.2) is 4.79 Å². The van der Waals surface area contributed by atoms with Crippen LogP contribution >= 0.6 is 0 Å². The number of aliphatic hydroxyl groups excluding tert-OH is 1. The fourth-order valence-corrected chi connectivity index (χ4v) is 10.1. The Hall–Kier alpha value is -1.89. The molecule has 7 nitrogen and oxygen atoms in total. The summed E-state index contributed by atoms with van der Waals surface area (Å²) in [5.74, 6) is -0.843. The van der Waals surface area contributed by atoms with Crippen LogP contribution in [-0.2, 0) is 28.6 Å². The summed E-state index contributed by atoms with van der Waals surface area (Å²) in [5.41, 5.74) is 0.0670. The largest absolute Gasteiger partial charge is 0.458 e. The van der Waals surface area contributed by atoms with Crippen molar-refractivity contribution in [1.29, 1.82) is 0 Å². The molecule has 1 heterocycles. The van der Waals surface area contributed by atoms with Gasteiger partial charge < -0.3 is 19.3 Å². The Morgan fingerprint density at radius 2 is 1.53 bits per heavy atom. The van der Waals surface area contributed by atoms with Gasteiger partial charge in [0.2, 0.25) is 0 Å². The van der Waals surface area contributed by atoms with Crippen LogP contribution < -0.4 is 0 Å². The first kappa shape index (κ1) is 25.7. The topological polar surface area (TPSA) is 99.1 Å². The van der Waals surface area contributed by atoms with Crippen LogP contribution in [0.1, 0.15) is 93.4 Å². The lowest BCUT2D eigenvalue weighted by Gasteiger charge is -2.70. The average Bonchev–Trinajstić information content (AvgIpc) is 3.07. The standard InChI is InChI=1S/C29H42O7/c1-15(30)34-17-13-20-28(6)12-9-18-26(3,4)10-8-11-27(18,5)19(28)14-21(32)29(20,7)23-22(17)25(35-16(2)31)36-24(23)33/h17-21,25,32H,8-14H2,1-7H3/t17-,18-,19+,20-,21+,25+,27-,28+,29+/m0/s1. The number of fused-ring (bicyclic) bond motifs is 6. The molecule has 7 heteroatoms. The molecular formula is C29H42O7. The molecule has 9 atom stereocenters. The van der Waals surface area contributed by atoms with Gasteiger partial charge in [-0.1, -0.05) is 41.0 Å². The van der Waals surface area contributed by atoms with E-state index in [-0.39, 0.29) is 22.2 Å². The zero-order valence-corrected chi connectivity index (χ0v) is 22.8. The molecule has 0 unspecified atom stereocenters. The number of esters is 3. The number of hydrogen-bond acceptors (Lipinski definition) is 7. The number of cyclic esters (lactones) is 1. The average molecular weight is 503 g/mol. The van der Waals surface area contributed by atoms with Crippen molar-refractivity contribution in [3.63, 3.8) is 0 Å². The minimum Gasteiger partial charge on any atom is -0.458 e. The maximum atomic E-state index is 13.4. The molecule has 36 heavy (non-hydrogen) atoms. The van der Waals surface area contributed by atoms with Crippen LogP contribution in [0.3, 0.4) is 0 Å². The third-order valence-electron chi connectivity index (χ3n) is 11.4. The van der Waals surface area contributed by atoms with E-state index in [1.807, 2.05) is 6.92 Å². The fourth-order valence-electron chi connectivity index (χ4n) is 10.1. The molecule has 3 saturated carbocycles. The summed E-state index contributed by atoms with van der Waals surface area (Å²) in [5, 5.41) is 11.9. The zero-order chi connectivity index (χ0) is 26.4. The third kappa shape index (κ3) is 3.36. The van der Waals surface area contributed by atoms with E-state index in [2.05, 4.69) is 27.7 Å². The number of rotatable bonds is 2. The Morgan fingerprint density at radius 1 is 0.889 bits per heavy atom. The van der Waals surface area contributed by atoms with Gasteiger partial charge in [-0.15, -0.1) is 0 Å². The predicted molar refractivity (Wildman–Crippen MR) is 131 cm³/mol. The van der Waals surface area contributed by atoms with Gasteiger partial charge >= 0.3 is 17.9 Å². The fraction of sp³-hybridized carbons (Fsp3) is 0.828. The van der Waals surface area contributed by atoms with Gasteiger partial charge in [-0.3, -0.25) is 9.59 Å². The highest BCUT2D eigenvalue weighted by Crippen LogP contribution is 2.73. The van der Waals surface area contributed by atoms with Crippen molar-refractivity contribution in [1.82, 2.24) is 0 Å². The first-order valence-corrected chi connectivity index (χ1v) is 13.6. The van der Waals surface area contributed by atoms with E-state index in [9.17, 15) is 19.5 Å². The highest BCUT2D eigenvalue weighted by atomic mass is 16.7. The summed E-state index contributed by atoms with van der Waals surface area (Å²) in [6, 6.07) is 0. The Balaban J connectivity index is 1.64. The van der Waals surface area contributed by atoms with Crippen LogP contribution in [0.5, 0.6) is 0 Å². The van der Waals surface area contributed by atoms with E-state index in [1.165, 1.54) is 26.7 Å². The van der Waals surface area contributed by atoms with Gasteiger partial charge in [0.15, 0.2) is 0 Å². The number of carbonyl (C=O) groups is 3. The molecule has 5 rings (SSSR count). The smallest absolute Gasteiger partial charge is 0.338 e. The van der Waals surface area contributed by atoms with Crippen LogP contribution in [0.25, 0.3) is 0 Å². The van der Waals surface area contributed by atoms with Crippen molar-refractivity contribution in [3.8, 4) is 0 Å². The second-order valence-corrected chi connectivity index (χ2v) is 13.6. The maximum Gasteiger partial charge on any atom is 0.338 e. The molecule has 0 aromatic carbocycles. The predicted octanol–water partition coefficient (Wildman–Crippen LogP) is 4.70. The molecule has 0 spiro atoms. The molecule has 0 aromatic rings. The summed E-state index contributed by atoms with van der Waals surface area (Å²) in [6.45, 7) is 14.2. The third-order valence-corrected chi connectivity index (χ3v) is 11.4. The number of aliphatic hydroxyl groups is 1. The zero-order valence-electron chi connectivity index (χ0n) is 22.8. The van der Waals surface area contributed by atoms with Gasteiger partial charge in [0.25, 0.3) is 6.29 Å². The lowest BCUT2D eigenvalue weighted by atomic mass is 9.35. The Morgan fingerprint density at radius 3 is 2.17 bits per heavy atom. The van der Waals surface area contributed by atoms with Gasteiger partial charge in [0.05, 0.1) is 17.3 Å². The molecule has 3 fully saturated rings. The second kappa shape index (κ2) is 8.05. The van der Waals surface area contributed by atoms with Crippen molar-refractivity contribution in [2.45, 2.75) is 112 Å². The molecule has 0 bridgehead atoms. The van der Waals surface area contributed by atoms with Crippen molar-refractivity contribution < 1.29 is 33.7 Å². The molecule has 5 aliphatic rings. The van der Waals surface area contributed by atoms with E-state index in [1.54, 1.807) is 0 Å². The quantitative estimate of drug-likeness (QED) is 0.547. The highest BCUT2D eigenvalue weighted by molar-refractivity contribution is 5.95. The van der Waals surface area contributed by atoms with Gasteiger partial charge in [0, 0.05) is 19.3 Å². The highest BCUT2D eigenvalue weighted by Gasteiger charge is 2.70. The van der Waals surface area contributed by atoms with E-state index >= 15 is 0 Å². The van der Waals surface area contributed by atoms with E-state index in [4.69, 9.17) is 14.2 Å². The van der Waals surface area contributed by atoms with Crippen LogP contribution in [0.15, 0.2) is 11.1 Å². The second-order valence-electron chi connectivity index (χ2n) is 13.6. The molecule has 0 aromatic heterocycles. The monoisotopic (exact) mass is 502 g/mol. The van der Waals surface area contributed by atoms with Gasteiger partial charge in [-0.05, 0) is 72.5 Å². The first-order valence-electron chi connectivity index (χ1n) is 13.6. The van der Waals surface area contributed by atoms with E-state index < -0.39 is 41.8 Å². The number of ether oxygens (including phenoxy) is 3. The lowest BCUT2D eigenvalue weighted by Crippen LogP contribution is -2.66. The van der Waals surface area contributed by atoms with Crippen molar-refractivity contribution >= 4 is 17.9 Å². The molecular weight excluding hydrogens is 460 g/mol. The van der Waals surface area contributed by atoms with Crippen LogP contribution in [-0.4, -0.2) is 41.5 Å². The molecule has 1 N–H and O–H groups in total. The van der Waals surface area contributed by atoms with Crippen molar-refractivity contribution in [2.75, 3.05) is 0 Å².